The maximum Gasteiger partial charge on any atom is 0.209 e. The van der Waals surface area contributed by atoms with Crippen LogP contribution in [-0.2, 0) is 5.41 Å². The van der Waals surface area contributed by atoms with Gasteiger partial charge in [-0.15, -0.1) is 0 Å². The number of hydrogen-bond acceptors (Lipinski definition) is 1. The predicted octanol–water partition coefficient (Wildman–Crippen LogP) is 5.82. The summed E-state index contributed by atoms with van der Waals surface area (Å²) in [6.07, 6.45) is 4.44. The van der Waals surface area contributed by atoms with Crippen LogP contribution in [0, 0.1) is 0 Å². The maximum atomic E-state index is 6.26. The summed E-state index contributed by atoms with van der Waals surface area (Å²) in [4.78, 5) is 2.17. The van der Waals surface area contributed by atoms with Crippen molar-refractivity contribution in [1.29, 1.82) is 0 Å². The van der Waals surface area contributed by atoms with Crippen molar-refractivity contribution in [3.8, 4) is 0 Å². The van der Waals surface area contributed by atoms with Crippen molar-refractivity contribution in [3.63, 3.8) is 0 Å². The van der Waals surface area contributed by atoms with E-state index in [2.05, 4.69) is 98.0 Å². The quantitative estimate of drug-likeness (QED) is 0.366. The Bertz CT molecular complexity index is 845. The minimum Gasteiger partial charge on any atom is -0.356 e. The zero-order valence-corrected chi connectivity index (χ0v) is 17.1. The van der Waals surface area contributed by atoms with Crippen LogP contribution < -0.4 is 4.90 Å². The lowest BCUT2D eigenvalue weighted by Gasteiger charge is -2.25. The zero-order chi connectivity index (χ0) is 18.9. The lowest BCUT2D eigenvalue weighted by atomic mass is 9.81. The van der Waals surface area contributed by atoms with Crippen molar-refractivity contribution in [1.82, 2.24) is 0 Å². The van der Waals surface area contributed by atoms with Crippen molar-refractivity contribution in [3.05, 3.63) is 65.7 Å². The van der Waals surface area contributed by atoms with Crippen molar-refractivity contribution in [2.75, 3.05) is 18.5 Å². The Hall–Kier alpha value is -2.06. The molecule has 136 valence electrons. The van der Waals surface area contributed by atoms with E-state index in [4.69, 9.17) is 11.6 Å². The molecule has 0 amide bonds. The lowest BCUT2D eigenvalue weighted by Crippen LogP contribution is -2.28. The molecule has 26 heavy (non-hydrogen) atoms. The molecule has 0 saturated heterocycles. The number of para-hydroxylation sites is 1. The highest BCUT2D eigenvalue weighted by molar-refractivity contribution is 6.21. The first-order valence-electron chi connectivity index (χ1n) is 9.25. The summed E-state index contributed by atoms with van der Waals surface area (Å²) in [6.45, 7) is 9.61. The SMILES string of the molecule is CCN(c1ccc(/C=C/C2=[N+](C)c3ccccc3C2(C)C)cc1)C(C)Cl. The summed E-state index contributed by atoms with van der Waals surface area (Å²) in [5.41, 5.74) is 6.34. The molecular formula is C23H28ClN2+. The van der Waals surface area contributed by atoms with Crippen LogP contribution in [0.3, 0.4) is 0 Å². The van der Waals surface area contributed by atoms with E-state index in [0.717, 1.165) is 12.2 Å². The first-order chi connectivity index (χ1) is 12.4. The Balaban J connectivity index is 1.86. The second-order valence-corrected chi connectivity index (χ2v) is 8.00. The summed E-state index contributed by atoms with van der Waals surface area (Å²) in [5, 5.41) is 0. The van der Waals surface area contributed by atoms with E-state index in [9.17, 15) is 0 Å². The Labute approximate surface area is 162 Å². The largest absolute Gasteiger partial charge is 0.356 e. The van der Waals surface area contributed by atoms with Gasteiger partial charge in [-0.1, -0.05) is 41.9 Å². The smallest absolute Gasteiger partial charge is 0.209 e. The number of rotatable bonds is 5. The van der Waals surface area contributed by atoms with Crippen LogP contribution in [0.1, 0.15) is 38.8 Å². The van der Waals surface area contributed by atoms with Gasteiger partial charge in [0.15, 0.2) is 5.71 Å². The second-order valence-electron chi connectivity index (χ2n) is 7.37. The topological polar surface area (TPSA) is 6.25 Å². The van der Waals surface area contributed by atoms with Gasteiger partial charge in [-0.3, -0.25) is 0 Å². The van der Waals surface area contributed by atoms with Gasteiger partial charge in [-0.25, -0.2) is 0 Å². The van der Waals surface area contributed by atoms with Crippen LogP contribution in [0.4, 0.5) is 11.4 Å². The van der Waals surface area contributed by atoms with Gasteiger partial charge >= 0.3 is 0 Å². The molecule has 1 aliphatic rings. The molecule has 0 saturated carbocycles. The van der Waals surface area contributed by atoms with Crippen molar-refractivity contribution >= 4 is 34.8 Å². The van der Waals surface area contributed by atoms with E-state index >= 15 is 0 Å². The molecule has 0 radical (unpaired) electrons. The van der Waals surface area contributed by atoms with E-state index in [0.29, 0.717) is 0 Å². The van der Waals surface area contributed by atoms with Crippen molar-refractivity contribution < 1.29 is 4.58 Å². The van der Waals surface area contributed by atoms with Gasteiger partial charge in [0, 0.05) is 29.9 Å². The fourth-order valence-electron chi connectivity index (χ4n) is 3.89. The summed E-state index contributed by atoms with van der Waals surface area (Å²) in [5.74, 6) is 0. The highest BCUT2D eigenvalue weighted by Gasteiger charge is 2.42. The number of anilines is 1. The standard InChI is InChI=1S/C23H28ClN2/c1-6-26(17(2)24)19-14-11-18(12-15-19)13-16-22-23(3,4)20-9-7-8-10-21(20)25(22)5/h7-17H,6H2,1-5H3/q+1. The molecule has 3 heteroatoms. The first kappa shape index (κ1) is 18.7. The normalized spacial score (nSPS) is 16.8. The van der Waals surface area contributed by atoms with E-state index in [1.807, 2.05) is 6.92 Å². The van der Waals surface area contributed by atoms with E-state index in [1.165, 1.54) is 22.5 Å². The van der Waals surface area contributed by atoms with Crippen molar-refractivity contribution in [2.45, 2.75) is 38.6 Å². The Kier molecular flexibility index (Phi) is 5.24. The molecule has 1 atom stereocenters. The van der Waals surface area contributed by atoms with Gasteiger partial charge in [0.1, 0.15) is 12.5 Å². The molecule has 2 nitrogen and oxygen atoms in total. The summed E-state index contributed by atoms with van der Waals surface area (Å²) < 4.78 is 2.30. The van der Waals surface area contributed by atoms with Gasteiger partial charge in [-0.2, -0.15) is 4.58 Å². The third-order valence-corrected chi connectivity index (χ3v) is 5.60. The van der Waals surface area contributed by atoms with Crippen LogP contribution >= 0.6 is 11.6 Å². The van der Waals surface area contributed by atoms with Crippen molar-refractivity contribution in [2.24, 2.45) is 0 Å². The van der Waals surface area contributed by atoms with Crippen LogP contribution in [0.5, 0.6) is 0 Å². The Morgan fingerprint density at radius 1 is 1.08 bits per heavy atom. The van der Waals surface area contributed by atoms with Crippen LogP contribution in [-0.4, -0.2) is 29.4 Å². The fraction of sp³-hybridized carbons (Fsp3) is 0.348. The minimum atomic E-state index is -0.0108. The third-order valence-electron chi connectivity index (χ3n) is 5.37. The molecule has 0 bridgehead atoms. The zero-order valence-electron chi connectivity index (χ0n) is 16.3. The lowest BCUT2D eigenvalue weighted by molar-refractivity contribution is -0.401. The van der Waals surface area contributed by atoms with Gasteiger partial charge in [0.05, 0.1) is 5.41 Å². The maximum absolute atomic E-state index is 6.26. The minimum absolute atomic E-state index is 0.00878. The number of alkyl halides is 1. The first-order valence-corrected chi connectivity index (χ1v) is 9.69. The molecule has 1 aliphatic heterocycles. The monoisotopic (exact) mass is 367 g/mol. The number of allylic oxidation sites excluding steroid dienone is 1. The number of halogens is 1. The van der Waals surface area contributed by atoms with Gasteiger partial charge in [0.2, 0.25) is 5.69 Å². The number of benzene rings is 2. The molecule has 1 heterocycles. The predicted molar refractivity (Wildman–Crippen MR) is 114 cm³/mol. The molecule has 3 rings (SSSR count). The summed E-state index contributed by atoms with van der Waals surface area (Å²) in [6, 6.07) is 17.3. The molecule has 1 unspecified atom stereocenters. The number of nitrogens with zero attached hydrogens (tertiary/aromatic N) is 2. The Morgan fingerprint density at radius 3 is 2.31 bits per heavy atom. The summed E-state index contributed by atoms with van der Waals surface area (Å²) >= 11 is 6.26. The van der Waals surface area contributed by atoms with E-state index < -0.39 is 0 Å². The fourth-order valence-corrected chi connectivity index (χ4v) is 4.14. The third kappa shape index (κ3) is 3.31. The molecule has 2 aromatic carbocycles. The second kappa shape index (κ2) is 7.28. The van der Waals surface area contributed by atoms with E-state index in [1.54, 1.807) is 0 Å². The van der Waals surface area contributed by atoms with Gasteiger partial charge in [0.25, 0.3) is 0 Å². The number of fused-ring (bicyclic) bond motifs is 1. The molecule has 0 N–H and O–H groups in total. The highest BCUT2D eigenvalue weighted by atomic mass is 35.5. The molecule has 0 spiro atoms. The van der Waals surface area contributed by atoms with E-state index in [-0.39, 0.29) is 10.9 Å². The van der Waals surface area contributed by atoms with Gasteiger partial charge in [-0.05, 0) is 51.5 Å². The highest BCUT2D eigenvalue weighted by Crippen LogP contribution is 2.39. The van der Waals surface area contributed by atoms with Crippen LogP contribution in [0.25, 0.3) is 6.08 Å². The average molecular weight is 368 g/mol. The average Bonchev–Trinajstić information content (AvgIpc) is 2.81. The Morgan fingerprint density at radius 2 is 1.73 bits per heavy atom. The van der Waals surface area contributed by atoms with Gasteiger partial charge < -0.3 is 4.90 Å². The number of hydrogen-bond donors (Lipinski definition) is 0. The van der Waals surface area contributed by atoms with Crippen LogP contribution in [0.15, 0.2) is 54.6 Å². The molecular weight excluding hydrogens is 340 g/mol. The van der Waals surface area contributed by atoms with Crippen LogP contribution in [0.2, 0.25) is 0 Å². The molecule has 0 fully saturated rings. The molecule has 0 aromatic heterocycles. The molecule has 2 aromatic rings. The summed E-state index contributed by atoms with van der Waals surface area (Å²) in [7, 11) is 2.15. The molecule has 0 aliphatic carbocycles.